The van der Waals surface area contributed by atoms with E-state index in [1.54, 1.807) is 6.20 Å². The Balaban J connectivity index is 1.71. The standard InChI is InChI=1S/C14H14N2O3/c15-13-10(6-16-19-13)9-1-2-11-12(5-9)18-8-14(3-4-14)7-17-11/h1-2,5-6H,3-4,7-8,15H2. The van der Waals surface area contributed by atoms with Crippen LogP contribution in [0, 0.1) is 5.41 Å². The number of benzene rings is 1. The highest BCUT2D eigenvalue weighted by molar-refractivity contribution is 5.74. The summed E-state index contributed by atoms with van der Waals surface area (Å²) in [6.45, 7) is 1.47. The van der Waals surface area contributed by atoms with Crippen molar-refractivity contribution in [1.82, 2.24) is 5.16 Å². The summed E-state index contributed by atoms with van der Waals surface area (Å²) in [5.74, 6) is 1.87. The van der Waals surface area contributed by atoms with Crippen molar-refractivity contribution in [3.63, 3.8) is 0 Å². The zero-order valence-electron chi connectivity index (χ0n) is 10.4. The van der Waals surface area contributed by atoms with E-state index in [9.17, 15) is 0 Å². The van der Waals surface area contributed by atoms with Gasteiger partial charge in [0.15, 0.2) is 11.5 Å². The average Bonchev–Trinajstić information content (AvgIpc) is 3.12. The monoisotopic (exact) mass is 258 g/mol. The predicted molar refractivity (Wildman–Crippen MR) is 69.0 cm³/mol. The molecule has 98 valence electrons. The molecule has 0 unspecified atom stereocenters. The SMILES string of the molecule is Nc1oncc1-c1ccc2c(c1)OCC1(CC1)CO2. The minimum atomic E-state index is 0.245. The molecular weight excluding hydrogens is 244 g/mol. The normalized spacial score (nSPS) is 19.2. The van der Waals surface area contributed by atoms with Crippen molar-refractivity contribution in [1.29, 1.82) is 0 Å². The van der Waals surface area contributed by atoms with Crippen molar-refractivity contribution >= 4 is 5.88 Å². The van der Waals surface area contributed by atoms with Crippen LogP contribution in [-0.2, 0) is 0 Å². The van der Waals surface area contributed by atoms with Gasteiger partial charge >= 0.3 is 0 Å². The van der Waals surface area contributed by atoms with Gasteiger partial charge in [-0.2, -0.15) is 0 Å². The number of ether oxygens (including phenoxy) is 2. The van der Waals surface area contributed by atoms with Crippen molar-refractivity contribution in [3.05, 3.63) is 24.4 Å². The molecule has 1 saturated carbocycles. The van der Waals surface area contributed by atoms with Crippen molar-refractivity contribution in [2.75, 3.05) is 18.9 Å². The van der Waals surface area contributed by atoms with Crippen LogP contribution in [0.3, 0.4) is 0 Å². The van der Waals surface area contributed by atoms with E-state index in [0.29, 0.717) is 5.88 Å². The summed E-state index contributed by atoms with van der Waals surface area (Å²) < 4.78 is 16.6. The van der Waals surface area contributed by atoms with Crippen molar-refractivity contribution in [3.8, 4) is 22.6 Å². The summed E-state index contributed by atoms with van der Waals surface area (Å²) in [7, 11) is 0. The Morgan fingerprint density at radius 2 is 1.89 bits per heavy atom. The fourth-order valence-corrected chi connectivity index (χ4v) is 2.34. The number of nitrogens with two attached hydrogens (primary N) is 1. The maximum absolute atomic E-state index is 5.89. The smallest absolute Gasteiger partial charge is 0.229 e. The third-order valence-corrected chi connectivity index (χ3v) is 3.88. The Bertz CT molecular complexity index is 631. The number of rotatable bonds is 1. The van der Waals surface area contributed by atoms with Crippen LogP contribution < -0.4 is 15.2 Å². The number of nitrogens with zero attached hydrogens (tertiary/aromatic N) is 1. The number of nitrogen functional groups attached to an aromatic ring is 1. The highest BCUT2D eigenvalue weighted by atomic mass is 16.5. The van der Waals surface area contributed by atoms with Gasteiger partial charge in [-0.1, -0.05) is 11.2 Å². The number of anilines is 1. The number of fused-ring (bicyclic) bond motifs is 1. The Kier molecular flexibility index (Phi) is 2.07. The fraction of sp³-hybridized carbons (Fsp3) is 0.357. The van der Waals surface area contributed by atoms with Crippen molar-refractivity contribution < 1.29 is 14.0 Å². The van der Waals surface area contributed by atoms with Gasteiger partial charge in [-0.15, -0.1) is 0 Å². The van der Waals surface area contributed by atoms with E-state index in [0.717, 1.165) is 35.8 Å². The molecule has 1 aliphatic heterocycles. The molecule has 4 rings (SSSR count). The van der Waals surface area contributed by atoms with E-state index in [1.807, 2.05) is 18.2 Å². The summed E-state index contributed by atoms with van der Waals surface area (Å²) in [4.78, 5) is 0. The van der Waals surface area contributed by atoms with E-state index in [1.165, 1.54) is 12.8 Å². The molecule has 1 aliphatic carbocycles. The summed E-state index contributed by atoms with van der Waals surface area (Å²) in [6, 6.07) is 5.79. The minimum Gasteiger partial charge on any atom is -0.489 e. The Morgan fingerprint density at radius 1 is 1.11 bits per heavy atom. The molecule has 5 nitrogen and oxygen atoms in total. The third kappa shape index (κ3) is 1.73. The molecule has 1 spiro atoms. The Labute approximate surface area is 110 Å². The summed E-state index contributed by atoms with van der Waals surface area (Å²) in [5, 5.41) is 3.69. The van der Waals surface area contributed by atoms with Gasteiger partial charge in [0.2, 0.25) is 5.88 Å². The second kappa shape index (κ2) is 3.66. The van der Waals surface area contributed by atoms with Gasteiger partial charge in [-0.25, -0.2) is 0 Å². The van der Waals surface area contributed by atoms with Crippen LogP contribution in [0.2, 0.25) is 0 Å². The van der Waals surface area contributed by atoms with Gasteiger partial charge in [-0.3, -0.25) is 0 Å². The lowest BCUT2D eigenvalue weighted by atomic mass is 10.1. The van der Waals surface area contributed by atoms with Crippen LogP contribution >= 0.6 is 0 Å². The van der Waals surface area contributed by atoms with Gasteiger partial charge in [0.1, 0.15) is 0 Å². The third-order valence-electron chi connectivity index (χ3n) is 3.88. The van der Waals surface area contributed by atoms with E-state index in [4.69, 9.17) is 19.7 Å². The van der Waals surface area contributed by atoms with Crippen LogP contribution in [0.4, 0.5) is 5.88 Å². The molecule has 0 saturated heterocycles. The summed E-state index contributed by atoms with van der Waals surface area (Å²) in [6.07, 6.45) is 3.98. The van der Waals surface area contributed by atoms with E-state index in [2.05, 4.69) is 5.16 Å². The van der Waals surface area contributed by atoms with Gasteiger partial charge < -0.3 is 19.7 Å². The fourth-order valence-electron chi connectivity index (χ4n) is 2.34. The second-order valence-corrected chi connectivity index (χ2v) is 5.34. The number of hydrogen-bond donors (Lipinski definition) is 1. The lowest BCUT2D eigenvalue weighted by Gasteiger charge is -2.08. The summed E-state index contributed by atoms with van der Waals surface area (Å²) in [5.41, 5.74) is 7.68. The summed E-state index contributed by atoms with van der Waals surface area (Å²) >= 11 is 0. The molecule has 1 fully saturated rings. The van der Waals surface area contributed by atoms with E-state index >= 15 is 0 Å². The molecule has 2 aromatic rings. The largest absolute Gasteiger partial charge is 0.489 e. The highest BCUT2D eigenvalue weighted by Crippen LogP contribution is 2.49. The minimum absolute atomic E-state index is 0.245. The average molecular weight is 258 g/mol. The van der Waals surface area contributed by atoms with Crippen LogP contribution in [0.15, 0.2) is 28.9 Å². The second-order valence-electron chi connectivity index (χ2n) is 5.34. The first kappa shape index (κ1) is 10.7. The number of hydrogen-bond acceptors (Lipinski definition) is 5. The van der Waals surface area contributed by atoms with Crippen LogP contribution in [0.5, 0.6) is 11.5 Å². The lowest BCUT2D eigenvalue weighted by molar-refractivity contribution is 0.197. The maximum atomic E-state index is 5.89. The zero-order chi connectivity index (χ0) is 12.9. The van der Waals surface area contributed by atoms with Crippen LogP contribution in [0.1, 0.15) is 12.8 Å². The van der Waals surface area contributed by atoms with Crippen molar-refractivity contribution in [2.45, 2.75) is 12.8 Å². The Morgan fingerprint density at radius 3 is 2.58 bits per heavy atom. The quantitative estimate of drug-likeness (QED) is 0.850. The first-order valence-corrected chi connectivity index (χ1v) is 6.36. The molecule has 1 aromatic heterocycles. The molecular formula is C14H14N2O3. The van der Waals surface area contributed by atoms with E-state index in [-0.39, 0.29) is 5.41 Å². The first-order chi connectivity index (χ1) is 9.26. The maximum Gasteiger partial charge on any atom is 0.229 e. The molecule has 19 heavy (non-hydrogen) atoms. The Hall–Kier alpha value is -2.17. The van der Waals surface area contributed by atoms with E-state index < -0.39 is 0 Å². The molecule has 0 bridgehead atoms. The van der Waals surface area contributed by atoms with Gasteiger partial charge in [-0.05, 0) is 30.5 Å². The molecule has 0 radical (unpaired) electrons. The zero-order valence-corrected chi connectivity index (χ0v) is 10.4. The lowest BCUT2D eigenvalue weighted by Crippen LogP contribution is -2.17. The molecule has 0 amide bonds. The van der Waals surface area contributed by atoms with Gasteiger partial charge in [0.05, 0.1) is 25.0 Å². The molecule has 5 heteroatoms. The molecule has 2 heterocycles. The van der Waals surface area contributed by atoms with Gasteiger partial charge in [0, 0.05) is 5.41 Å². The highest BCUT2D eigenvalue weighted by Gasteiger charge is 2.46. The topological polar surface area (TPSA) is 70.5 Å². The van der Waals surface area contributed by atoms with Gasteiger partial charge in [0.25, 0.3) is 0 Å². The molecule has 2 aliphatic rings. The van der Waals surface area contributed by atoms with Crippen molar-refractivity contribution in [2.24, 2.45) is 5.41 Å². The predicted octanol–water partition coefficient (Wildman–Crippen LogP) is 2.48. The van der Waals surface area contributed by atoms with Crippen LogP contribution in [-0.4, -0.2) is 18.4 Å². The molecule has 0 atom stereocenters. The first-order valence-electron chi connectivity index (χ1n) is 6.36. The molecule has 1 aromatic carbocycles. The van der Waals surface area contributed by atoms with Crippen LogP contribution in [0.25, 0.3) is 11.1 Å². The molecule has 2 N–H and O–H groups in total. The number of aromatic nitrogens is 1.